The van der Waals surface area contributed by atoms with Crippen LogP contribution in [0.2, 0.25) is 0 Å². The SMILES string of the molecule is C[CH]C(Cl)CCCl. The first-order valence-electron chi connectivity index (χ1n) is 2.30. The molecule has 0 aromatic rings. The van der Waals surface area contributed by atoms with Crippen molar-refractivity contribution in [2.45, 2.75) is 18.7 Å². The van der Waals surface area contributed by atoms with Crippen molar-refractivity contribution in [1.29, 1.82) is 0 Å². The van der Waals surface area contributed by atoms with Crippen molar-refractivity contribution in [1.82, 2.24) is 0 Å². The number of halogens is 2. The van der Waals surface area contributed by atoms with Crippen molar-refractivity contribution in [2.75, 3.05) is 5.88 Å². The second-order valence-electron chi connectivity index (χ2n) is 1.33. The number of hydrogen-bond donors (Lipinski definition) is 0. The van der Waals surface area contributed by atoms with Gasteiger partial charge in [-0.2, -0.15) is 0 Å². The number of rotatable bonds is 3. The van der Waals surface area contributed by atoms with E-state index in [2.05, 4.69) is 0 Å². The summed E-state index contributed by atoms with van der Waals surface area (Å²) in [5.74, 6) is 0.651. The lowest BCUT2D eigenvalue weighted by atomic mass is 10.3. The Bertz CT molecular complexity index is 37.1. The summed E-state index contributed by atoms with van der Waals surface area (Å²) in [5, 5.41) is 0.164. The summed E-state index contributed by atoms with van der Waals surface area (Å²) in [6, 6.07) is 0. The van der Waals surface area contributed by atoms with Gasteiger partial charge in [0.25, 0.3) is 0 Å². The number of alkyl halides is 2. The summed E-state index contributed by atoms with van der Waals surface area (Å²) in [6.45, 7) is 1.93. The predicted molar refractivity (Wildman–Crippen MR) is 35.0 cm³/mol. The van der Waals surface area contributed by atoms with E-state index in [1.54, 1.807) is 0 Å². The van der Waals surface area contributed by atoms with Crippen LogP contribution >= 0.6 is 23.2 Å². The van der Waals surface area contributed by atoms with E-state index in [9.17, 15) is 0 Å². The Labute approximate surface area is 54.8 Å². The quantitative estimate of drug-likeness (QED) is 0.528. The van der Waals surface area contributed by atoms with Gasteiger partial charge in [0.15, 0.2) is 0 Å². The molecule has 1 unspecified atom stereocenters. The van der Waals surface area contributed by atoms with Gasteiger partial charge in [-0.15, -0.1) is 23.2 Å². The normalized spacial score (nSPS) is 14.1. The minimum atomic E-state index is 0.164. The fourth-order valence-electron chi connectivity index (χ4n) is 0.271. The van der Waals surface area contributed by atoms with Crippen LogP contribution in [0.1, 0.15) is 13.3 Å². The summed E-state index contributed by atoms with van der Waals surface area (Å²) in [6.07, 6.45) is 2.81. The smallest absolute Gasteiger partial charge is 0.0376 e. The summed E-state index contributed by atoms with van der Waals surface area (Å²) in [4.78, 5) is 0. The molecule has 0 N–H and O–H groups in total. The molecule has 0 fully saturated rings. The number of hydrogen-bond acceptors (Lipinski definition) is 0. The van der Waals surface area contributed by atoms with E-state index >= 15 is 0 Å². The molecule has 0 saturated carbocycles. The zero-order valence-corrected chi connectivity index (χ0v) is 5.84. The van der Waals surface area contributed by atoms with Crippen LogP contribution in [0.3, 0.4) is 0 Å². The second-order valence-corrected chi connectivity index (χ2v) is 2.27. The molecule has 0 aliphatic rings. The molecular weight excluding hydrogens is 131 g/mol. The molecule has 0 aliphatic carbocycles. The van der Waals surface area contributed by atoms with Gasteiger partial charge in [-0.05, 0) is 12.8 Å². The predicted octanol–water partition coefficient (Wildman–Crippen LogP) is 2.45. The highest BCUT2D eigenvalue weighted by Crippen LogP contribution is 2.05. The average molecular weight is 140 g/mol. The van der Waals surface area contributed by atoms with Crippen LogP contribution in [-0.4, -0.2) is 11.3 Å². The van der Waals surface area contributed by atoms with E-state index < -0.39 is 0 Å². The molecule has 1 radical (unpaired) electrons. The van der Waals surface area contributed by atoms with Gasteiger partial charge in [0.2, 0.25) is 0 Å². The van der Waals surface area contributed by atoms with E-state index in [0.29, 0.717) is 5.88 Å². The molecule has 0 amide bonds. The van der Waals surface area contributed by atoms with Crippen molar-refractivity contribution in [3.05, 3.63) is 6.42 Å². The highest BCUT2D eigenvalue weighted by atomic mass is 35.5. The third kappa shape index (κ3) is 4.43. The molecule has 43 valence electrons. The zero-order valence-electron chi connectivity index (χ0n) is 4.32. The molecule has 0 bridgehead atoms. The van der Waals surface area contributed by atoms with Crippen molar-refractivity contribution in [3.63, 3.8) is 0 Å². The maximum atomic E-state index is 5.63. The summed E-state index contributed by atoms with van der Waals surface area (Å²) < 4.78 is 0. The van der Waals surface area contributed by atoms with E-state index in [1.807, 2.05) is 13.3 Å². The topological polar surface area (TPSA) is 0 Å². The molecule has 1 atom stereocenters. The summed E-state index contributed by atoms with van der Waals surface area (Å²) >= 11 is 11.0. The highest BCUT2D eigenvalue weighted by Gasteiger charge is 1.96. The Morgan fingerprint density at radius 1 is 1.71 bits per heavy atom. The van der Waals surface area contributed by atoms with Crippen LogP contribution in [0.25, 0.3) is 0 Å². The largest absolute Gasteiger partial charge is 0.127 e. The minimum Gasteiger partial charge on any atom is -0.127 e. The van der Waals surface area contributed by atoms with Crippen molar-refractivity contribution in [2.24, 2.45) is 0 Å². The average Bonchev–Trinajstić information content (AvgIpc) is 1.68. The molecule has 0 heterocycles. The Morgan fingerprint density at radius 2 is 2.29 bits per heavy atom. The first-order chi connectivity index (χ1) is 3.31. The van der Waals surface area contributed by atoms with Crippen LogP contribution in [0.5, 0.6) is 0 Å². The molecule has 7 heavy (non-hydrogen) atoms. The molecule has 0 saturated heterocycles. The van der Waals surface area contributed by atoms with Crippen molar-refractivity contribution >= 4 is 23.2 Å². The van der Waals surface area contributed by atoms with Gasteiger partial charge in [0, 0.05) is 11.3 Å². The first kappa shape index (κ1) is 7.58. The highest BCUT2D eigenvalue weighted by molar-refractivity contribution is 6.22. The van der Waals surface area contributed by atoms with E-state index in [-0.39, 0.29) is 5.38 Å². The third-order valence-electron chi connectivity index (χ3n) is 0.747. The standard InChI is InChI=1S/C5H9Cl2/c1-2-5(7)3-4-6/h2,5H,3-4H2,1H3. The van der Waals surface area contributed by atoms with Crippen LogP contribution in [0.15, 0.2) is 0 Å². The van der Waals surface area contributed by atoms with Gasteiger partial charge in [-0.25, -0.2) is 0 Å². The molecular formula is C5H9Cl2. The summed E-state index contributed by atoms with van der Waals surface area (Å²) in [5.41, 5.74) is 0. The molecule has 0 nitrogen and oxygen atoms in total. The zero-order chi connectivity index (χ0) is 5.70. The Hall–Kier alpha value is 0.580. The Morgan fingerprint density at radius 3 is 2.43 bits per heavy atom. The lowest BCUT2D eigenvalue weighted by Crippen LogP contribution is -1.95. The third-order valence-corrected chi connectivity index (χ3v) is 1.43. The van der Waals surface area contributed by atoms with Crippen LogP contribution in [-0.2, 0) is 0 Å². The van der Waals surface area contributed by atoms with Crippen molar-refractivity contribution in [3.8, 4) is 0 Å². The van der Waals surface area contributed by atoms with Gasteiger partial charge in [-0.1, -0.05) is 6.92 Å². The van der Waals surface area contributed by atoms with E-state index in [4.69, 9.17) is 23.2 Å². The van der Waals surface area contributed by atoms with Gasteiger partial charge in [0.1, 0.15) is 0 Å². The lowest BCUT2D eigenvalue weighted by Gasteiger charge is -1.98. The first-order valence-corrected chi connectivity index (χ1v) is 3.28. The molecule has 0 spiro atoms. The van der Waals surface area contributed by atoms with Crippen molar-refractivity contribution < 1.29 is 0 Å². The Balaban J connectivity index is 2.83. The van der Waals surface area contributed by atoms with Gasteiger partial charge in [-0.3, -0.25) is 0 Å². The molecule has 0 aliphatic heterocycles. The summed E-state index contributed by atoms with van der Waals surface area (Å²) in [7, 11) is 0. The Kier molecular flexibility index (Phi) is 5.12. The maximum absolute atomic E-state index is 5.63. The van der Waals surface area contributed by atoms with Crippen LogP contribution < -0.4 is 0 Å². The monoisotopic (exact) mass is 139 g/mol. The van der Waals surface area contributed by atoms with E-state index in [1.165, 1.54) is 0 Å². The molecule has 0 aromatic carbocycles. The van der Waals surface area contributed by atoms with Crippen LogP contribution in [0.4, 0.5) is 0 Å². The molecule has 0 aromatic heterocycles. The minimum absolute atomic E-state index is 0.164. The maximum Gasteiger partial charge on any atom is 0.0376 e. The fraction of sp³-hybridized carbons (Fsp3) is 0.800. The van der Waals surface area contributed by atoms with Crippen LogP contribution in [0, 0.1) is 6.42 Å². The lowest BCUT2D eigenvalue weighted by molar-refractivity contribution is 0.916. The molecule has 2 heteroatoms. The van der Waals surface area contributed by atoms with E-state index in [0.717, 1.165) is 6.42 Å². The van der Waals surface area contributed by atoms with Gasteiger partial charge >= 0.3 is 0 Å². The van der Waals surface area contributed by atoms with Gasteiger partial charge in [0.05, 0.1) is 0 Å². The molecule has 0 rings (SSSR count). The van der Waals surface area contributed by atoms with Gasteiger partial charge < -0.3 is 0 Å². The second kappa shape index (κ2) is 4.73. The fourth-order valence-corrected chi connectivity index (χ4v) is 0.727.